The van der Waals surface area contributed by atoms with Crippen molar-refractivity contribution < 1.29 is 17.7 Å². The number of amidine groups is 1. The Morgan fingerprint density at radius 1 is 1.14 bits per heavy atom. The summed E-state index contributed by atoms with van der Waals surface area (Å²) in [4.78, 5) is 4.29. The molecule has 2 saturated carbocycles. The maximum absolute atomic E-state index is 13.9. The van der Waals surface area contributed by atoms with Crippen molar-refractivity contribution in [2.24, 2.45) is 28.2 Å². The Morgan fingerprint density at radius 2 is 1.74 bits per heavy atom. The third-order valence-corrected chi connectivity index (χ3v) is 8.78. The third-order valence-electron chi connectivity index (χ3n) is 7.24. The van der Waals surface area contributed by atoms with E-state index in [1.165, 1.54) is 26.3 Å². The van der Waals surface area contributed by atoms with Crippen LogP contribution in [0.25, 0.3) is 0 Å². The minimum atomic E-state index is -4.54. The lowest BCUT2D eigenvalue weighted by molar-refractivity contribution is -0.0867. The van der Waals surface area contributed by atoms with Gasteiger partial charge in [-0.25, -0.2) is 4.99 Å². The minimum absolute atomic E-state index is 0.0196. The van der Waals surface area contributed by atoms with Gasteiger partial charge in [0.05, 0.1) is 0 Å². The van der Waals surface area contributed by atoms with Gasteiger partial charge in [-0.1, -0.05) is 13.8 Å². The molecule has 2 fully saturated rings. The molecule has 0 radical (unpaired) electrons. The van der Waals surface area contributed by atoms with E-state index in [2.05, 4.69) is 34.8 Å². The van der Waals surface area contributed by atoms with Crippen molar-refractivity contribution in [3.63, 3.8) is 0 Å². The minimum Gasteiger partial charge on any atom is -0.393 e. The Labute approximate surface area is 207 Å². The first-order valence-corrected chi connectivity index (χ1v) is 15.0. The maximum atomic E-state index is 13.9. The van der Waals surface area contributed by atoms with Crippen molar-refractivity contribution in [3.05, 3.63) is 36.0 Å². The molecule has 35 heavy (non-hydrogen) atoms. The number of hydrogen-bond acceptors (Lipinski definition) is 4. The molecule has 2 aliphatic carbocycles. The largest absolute Gasteiger partial charge is 0.421 e. The van der Waals surface area contributed by atoms with E-state index < -0.39 is 18.9 Å². The lowest BCUT2D eigenvalue weighted by atomic mass is 9.59. The molecule has 0 aromatic heterocycles. The van der Waals surface area contributed by atoms with Crippen LogP contribution < -0.4 is 21.3 Å². The standard InChI is InChI=1S/C26H40F3N4OP/c1-18-10-19-12-20(11-18)14-25(2,13-19)16-31-24(23(15-30-3)26(27,28)29)33-17-32-21-6-8-22(9-7-21)35(4,5)34/h6-9,15,18-20,30,32H,10-14,16-17H2,1-5H3,(H,31,33)/b23-15+. The van der Waals surface area contributed by atoms with E-state index in [1.807, 2.05) is 0 Å². The van der Waals surface area contributed by atoms with Crippen molar-refractivity contribution in [1.29, 1.82) is 0 Å². The van der Waals surface area contributed by atoms with E-state index in [1.54, 1.807) is 37.6 Å². The van der Waals surface area contributed by atoms with Gasteiger partial charge in [-0.3, -0.25) is 0 Å². The fraction of sp³-hybridized carbons (Fsp3) is 0.654. The first-order chi connectivity index (χ1) is 16.3. The fourth-order valence-electron chi connectivity index (χ4n) is 5.96. The third kappa shape index (κ3) is 7.77. The number of nitrogens with zero attached hydrogens (tertiary/aromatic N) is 1. The summed E-state index contributed by atoms with van der Waals surface area (Å²) in [7, 11) is -0.911. The number of aliphatic imine (C=N–C) groups is 1. The van der Waals surface area contributed by atoms with E-state index in [0.717, 1.165) is 30.3 Å². The lowest BCUT2D eigenvalue weighted by Gasteiger charge is -2.47. The zero-order valence-electron chi connectivity index (χ0n) is 21.5. The number of rotatable bonds is 8. The van der Waals surface area contributed by atoms with E-state index in [0.29, 0.717) is 24.1 Å². The number of halogens is 3. The molecule has 1 aromatic rings. The van der Waals surface area contributed by atoms with E-state index in [9.17, 15) is 17.7 Å². The summed E-state index contributed by atoms with van der Waals surface area (Å²) in [5, 5.41) is 9.41. The molecule has 2 aliphatic rings. The van der Waals surface area contributed by atoms with Crippen LogP contribution in [0.3, 0.4) is 0 Å². The number of benzene rings is 1. The van der Waals surface area contributed by atoms with Crippen LogP contribution in [0, 0.1) is 23.2 Å². The lowest BCUT2D eigenvalue weighted by Crippen LogP contribution is -2.45. The molecule has 1 aromatic carbocycles. The molecule has 3 rings (SSSR count). The van der Waals surface area contributed by atoms with Crippen LogP contribution in [0.15, 0.2) is 41.0 Å². The van der Waals surface area contributed by atoms with Gasteiger partial charge in [0.25, 0.3) is 0 Å². The highest BCUT2D eigenvalue weighted by atomic mass is 31.2. The highest BCUT2D eigenvalue weighted by Crippen LogP contribution is 2.50. The quantitative estimate of drug-likeness (QED) is 0.234. The van der Waals surface area contributed by atoms with Crippen molar-refractivity contribution in [2.45, 2.75) is 52.1 Å². The van der Waals surface area contributed by atoms with Crippen molar-refractivity contribution in [1.82, 2.24) is 10.6 Å². The molecule has 0 heterocycles. The van der Waals surface area contributed by atoms with E-state index >= 15 is 0 Å². The number of nitrogens with one attached hydrogen (secondary N) is 3. The molecular formula is C26H40F3N4OP. The molecule has 5 nitrogen and oxygen atoms in total. The number of fused-ring (bicyclic) bond motifs is 2. The first-order valence-electron chi connectivity index (χ1n) is 12.4. The predicted molar refractivity (Wildman–Crippen MR) is 140 cm³/mol. The second-order valence-electron chi connectivity index (χ2n) is 11.2. The van der Waals surface area contributed by atoms with Gasteiger partial charge >= 0.3 is 6.18 Å². The first kappa shape index (κ1) is 27.6. The molecule has 0 amide bonds. The molecule has 9 heteroatoms. The second-order valence-corrected chi connectivity index (χ2v) is 14.4. The zero-order valence-corrected chi connectivity index (χ0v) is 22.4. The van der Waals surface area contributed by atoms with Gasteiger partial charge in [0, 0.05) is 30.8 Å². The van der Waals surface area contributed by atoms with Crippen LogP contribution in [0.2, 0.25) is 0 Å². The van der Waals surface area contributed by atoms with Crippen LogP contribution in [0.5, 0.6) is 0 Å². The van der Waals surface area contributed by atoms with E-state index in [4.69, 9.17) is 0 Å². The summed E-state index contributed by atoms with van der Waals surface area (Å²) in [6, 6.07) is 7.09. The predicted octanol–water partition coefficient (Wildman–Crippen LogP) is 5.81. The Hall–Kier alpha value is -1.95. The SMILES string of the molecule is CN/C=C(\C(=N/CNc1ccc(P(C)(C)=O)cc1)NCC1(C)CC2CC(C)CC(C2)C1)C(F)(F)F. The van der Waals surface area contributed by atoms with E-state index in [-0.39, 0.29) is 17.9 Å². The van der Waals surface area contributed by atoms with Crippen LogP contribution in [-0.2, 0) is 4.57 Å². The normalized spacial score (nSPS) is 27.9. The summed E-state index contributed by atoms with van der Waals surface area (Å²) in [6.45, 7) is 8.35. The van der Waals surface area contributed by atoms with Gasteiger partial charge in [-0.15, -0.1) is 0 Å². The van der Waals surface area contributed by atoms with Gasteiger partial charge in [-0.05, 0) is 92.9 Å². The Balaban J connectivity index is 1.73. The maximum Gasteiger partial charge on any atom is 0.421 e. The Bertz CT molecular complexity index is 950. The topological polar surface area (TPSA) is 65.5 Å². The fourth-order valence-corrected chi connectivity index (χ4v) is 6.83. The smallest absolute Gasteiger partial charge is 0.393 e. The summed E-state index contributed by atoms with van der Waals surface area (Å²) in [6.07, 6.45) is 2.18. The van der Waals surface area contributed by atoms with Crippen LogP contribution in [0.4, 0.5) is 18.9 Å². The summed E-state index contributed by atoms with van der Waals surface area (Å²) < 4.78 is 53.8. The van der Waals surface area contributed by atoms with Crippen molar-refractivity contribution >= 4 is 24.0 Å². The average molecular weight is 513 g/mol. The Morgan fingerprint density at radius 3 is 2.26 bits per heavy atom. The van der Waals surface area contributed by atoms with Gasteiger partial charge in [0.1, 0.15) is 25.2 Å². The summed E-state index contributed by atoms with van der Waals surface area (Å²) in [5.41, 5.74) is -0.163. The number of anilines is 1. The summed E-state index contributed by atoms with van der Waals surface area (Å²) in [5.74, 6) is 1.90. The summed E-state index contributed by atoms with van der Waals surface area (Å²) >= 11 is 0. The average Bonchev–Trinajstić information content (AvgIpc) is 2.72. The molecule has 2 unspecified atom stereocenters. The molecule has 196 valence electrons. The second kappa shape index (κ2) is 11.0. The van der Waals surface area contributed by atoms with Crippen LogP contribution in [0.1, 0.15) is 46.0 Å². The van der Waals surface area contributed by atoms with Gasteiger partial charge in [0.15, 0.2) is 0 Å². The van der Waals surface area contributed by atoms with Crippen molar-refractivity contribution in [3.8, 4) is 0 Å². The molecule has 2 bridgehead atoms. The number of hydrogen-bond donors (Lipinski definition) is 3. The van der Waals surface area contributed by atoms with Gasteiger partial charge in [0.2, 0.25) is 0 Å². The number of alkyl halides is 3. The molecule has 0 saturated heterocycles. The monoisotopic (exact) mass is 512 g/mol. The molecule has 0 aliphatic heterocycles. The van der Waals surface area contributed by atoms with Crippen LogP contribution in [-0.4, -0.2) is 45.6 Å². The molecular weight excluding hydrogens is 472 g/mol. The highest BCUT2D eigenvalue weighted by Gasteiger charge is 2.42. The van der Waals surface area contributed by atoms with Gasteiger partial charge < -0.3 is 20.5 Å². The molecule has 2 atom stereocenters. The molecule has 3 N–H and O–H groups in total. The highest BCUT2D eigenvalue weighted by molar-refractivity contribution is 7.70. The van der Waals surface area contributed by atoms with Crippen molar-refractivity contribution in [2.75, 3.05) is 38.9 Å². The van der Waals surface area contributed by atoms with Gasteiger partial charge in [-0.2, -0.15) is 13.2 Å². The Kier molecular flexibility index (Phi) is 8.67. The zero-order chi connectivity index (χ0) is 25.9. The molecule has 0 spiro atoms. The van der Waals surface area contributed by atoms with Crippen LogP contribution >= 0.6 is 7.14 Å².